The van der Waals surface area contributed by atoms with E-state index in [1.807, 2.05) is 24.3 Å². The lowest BCUT2D eigenvalue weighted by Gasteiger charge is -2.32. The predicted molar refractivity (Wildman–Crippen MR) is 126 cm³/mol. The molecule has 1 N–H and O–H groups in total. The van der Waals surface area contributed by atoms with Crippen molar-refractivity contribution in [3.05, 3.63) is 59.7 Å². The molecule has 1 heterocycles. The molecule has 0 radical (unpaired) electrons. The summed E-state index contributed by atoms with van der Waals surface area (Å²) in [5.74, 6) is -0.761. The van der Waals surface area contributed by atoms with Gasteiger partial charge in [-0.25, -0.2) is 0 Å². The van der Waals surface area contributed by atoms with E-state index in [1.54, 1.807) is 24.3 Å². The van der Waals surface area contributed by atoms with E-state index in [0.29, 0.717) is 17.7 Å². The molecule has 32 heavy (non-hydrogen) atoms. The van der Waals surface area contributed by atoms with Gasteiger partial charge in [-0.1, -0.05) is 25.0 Å². The number of carbonyl (C=O) groups excluding carboxylic acids is 3. The lowest BCUT2D eigenvalue weighted by atomic mass is 9.78. The van der Waals surface area contributed by atoms with Crippen LogP contribution in [0.3, 0.4) is 0 Å². The number of hydrogen-bond acceptors (Lipinski definition) is 4. The zero-order chi connectivity index (χ0) is 22.7. The van der Waals surface area contributed by atoms with Crippen molar-refractivity contribution >= 4 is 29.1 Å². The standard InChI is InChI=1S/C26H31N3O3/c1-3-28(4-2)20-15-13-19(14-16-20)27-24(30)21-10-6-5-9-18(21)17-29-25(31)22-11-7-8-12-23(22)26(29)32/h7-8,11-16,18,21H,3-6,9-10,17H2,1-2H3,(H,27,30). The highest BCUT2D eigenvalue weighted by molar-refractivity contribution is 6.21. The predicted octanol–water partition coefficient (Wildman–Crippen LogP) is 4.57. The highest BCUT2D eigenvalue weighted by atomic mass is 16.2. The summed E-state index contributed by atoms with van der Waals surface area (Å²) in [5.41, 5.74) is 2.83. The molecule has 2 atom stereocenters. The smallest absolute Gasteiger partial charge is 0.261 e. The van der Waals surface area contributed by atoms with Crippen molar-refractivity contribution in [2.24, 2.45) is 11.8 Å². The van der Waals surface area contributed by atoms with E-state index in [9.17, 15) is 14.4 Å². The minimum absolute atomic E-state index is 0.0260. The third-order valence-electron chi connectivity index (χ3n) is 6.80. The van der Waals surface area contributed by atoms with Crippen LogP contribution in [0.4, 0.5) is 11.4 Å². The summed E-state index contributed by atoms with van der Waals surface area (Å²) in [6, 6.07) is 14.9. The van der Waals surface area contributed by atoms with Crippen molar-refractivity contribution < 1.29 is 14.4 Å². The molecule has 4 rings (SSSR count). The zero-order valence-corrected chi connectivity index (χ0v) is 18.8. The summed E-state index contributed by atoms with van der Waals surface area (Å²) < 4.78 is 0. The summed E-state index contributed by atoms with van der Waals surface area (Å²) in [6.07, 6.45) is 3.61. The van der Waals surface area contributed by atoms with E-state index in [1.165, 1.54) is 4.90 Å². The van der Waals surface area contributed by atoms with Gasteiger partial charge in [-0.15, -0.1) is 0 Å². The van der Waals surface area contributed by atoms with Crippen molar-refractivity contribution in [2.75, 3.05) is 29.9 Å². The normalized spacial score (nSPS) is 20.2. The fourth-order valence-electron chi connectivity index (χ4n) is 4.99. The van der Waals surface area contributed by atoms with Crippen LogP contribution in [0, 0.1) is 11.8 Å². The Hall–Kier alpha value is -3.15. The Bertz CT molecular complexity index is 963. The van der Waals surface area contributed by atoms with Gasteiger partial charge in [-0.2, -0.15) is 0 Å². The number of rotatable bonds is 7. The SMILES string of the molecule is CCN(CC)c1ccc(NC(=O)C2CCCCC2CN2C(=O)c3ccccc3C2=O)cc1. The quantitative estimate of drug-likeness (QED) is 0.649. The average Bonchev–Trinajstić information content (AvgIpc) is 3.06. The first kappa shape index (κ1) is 22.1. The second-order valence-electron chi connectivity index (χ2n) is 8.63. The van der Waals surface area contributed by atoms with Crippen LogP contribution in [0.5, 0.6) is 0 Å². The number of carbonyl (C=O) groups is 3. The molecule has 1 aliphatic carbocycles. The van der Waals surface area contributed by atoms with Gasteiger partial charge in [0.05, 0.1) is 11.1 Å². The first-order valence-corrected chi connectivity index (χ1v) is 11.6. The molecule has 2 unspecified atom stereocenters. The Labute approximate surface area is 189 Å². The van der Waals surface area contributed by atoms with E-state index >= 15 is 0 Å². The first-order chi connectivity index (χ1) is 15.5. The molecule has 0 spiro atoms. The van der Waals surface area contributed by atoms with Gasteiger partial charge in [-0.3, -0.25) is 19.3 Å². The molecule has 3 amide bonds. The van der Waals surface area contributed by atoms with Crippen LogP contribution >= 0.6 is 0 Å². The fourth-order valence-corrected chi connectivity index (χ4v) is 4.99. The first-order valence-electron chi connectivity index (χ1n) is 11.6. The minimum atomic E-state index is -0.248. The Balaban J connectivity index is 1.44. The van der Waals surface area contributed by atoms with Gasteiger partial charge in [0.1, 0.15) is 0 Å². The molecule has 0 aromatic heterocycles. The maximum absolute atomic E-state index is 13.2. The van der Waals surface area contributed by atoms with Crippen LogP contribution in [-0.2, 0) is 4.79 Å². The number of benzene rings is 2. The molecule has 6 nitrogen and oxygen atoms in total. The number of hydrogen-bond donors (Lipinski definition) is 1. The number of amides is 3. The van der Waals surface area contributed by atoms with Crippen LogP contribution in [0.1, 0.15) is 60.2 Å². The molecule has 0 saturated heterocycles. The van der Waals surface area contributed by atoms with Gasteiger partial charge in [0.25, 0.3) is 11.8 Å². The lowest BCUT2D eigenvalue weighted by molar-refractivity contribution is -0.122. The van der Waals surface area contributed by atoms with Gasteiger partial charge >= 0.3 is 0 Å². The van der Waals surface area contributed by atoms with Crippen LogP contribution < -0.4 is 10.2 Å². The Morgan fingerprint density at radius 2 is 1.53 bits per heavy atom. The average molecular weight is 434 g/mol. The molecule has 2 aliphatic rings. The van der Waals surface area contributed by atoms with Gasteiger partial charge in [0.2, 0.25) is 5.91 Å². The summed E-state index contributed by atoms with van der Waals surface area (Å²) in [6.45, 7) is 6.41. The topological polar surface area (TPSA) is 69.7 Å². The van der Waals surface area contributed by atoms with E-state index in [4.69, 9.17) is 0 Å². The van der Waals surface area contributed by atoms with E-state index in [0.717, 1.165) is 50.1 Å². The Morgan fingerprint density at radius 3 is 2.12 bits per heavy atom. The number of imide groups is 1. The molecule has 2 aromatic rings. The lowest BCUT2D eigenvalue weighted by Crippen LogP contribution is -2.41. The van der Waals surface area contributed by atoms with Gasteiger partial charge in [-0.05, 0) is 69.0 Å². The van der Waals surface area contributed by atoms with E-state index in [-0.39, 0.29) is 29.6 Å². The van der Waals surface area contributed by atoms with Crippen molar-refractivity contribution in [1.82, 2.24) is 4.90 Å². The van der Waals surface area contributed by atoms with Crippen LogP contribution in [0.2, 0.25) is 0 Å². The zero-order valence-electron chi connectivity index (χ0n) is 18.8. The number of nitrogens with zero attached hydrogens (tertiary/aromatic N) is 2. The van der Waals surface area contributed by atoms with Crippen molar-refractivity contribution in [2.45, 2.75) is 39.5 Å². The largest absolute Gasteiger partial charge is 0.372 e. The van der Waals surface area contributed by atoms with Gasteiger partial charge in [0.15, 0.2) is 0 Å². The van der Waals surface area contributed by atoms with E-state index < -0.39 is 0 Å². The molecular formula is C26H31N3O3. The molecule has 2 aromatic carbocycles. The summed E-state index contributed by atoms with van der Waals surface area (Å²) in [5, 5.41) is 3.06. The van der Waals surface area contributed by atoms with Gasteiger partial charge in [0, 0.05) is 36.9 Å². The molecule has 1 aliphatic heterocycles. The number of fused-ring (bicyclic) bond motifs is 1. The third-order valence-corrected chi connectivity index (χ3v) is 6.80. The molecule has 0 bridgehead atoms. The third kappa shape index (κ3) is 4.27. The van der Waals surface area contributed by atoms with Gasteiger partial charge < -0.3 is 10.2 Å². The minimum Gasteiger partial charge on any atom is -0.372 e. The van der Waals surface area contributed by atoms with E-state index in [2.05, 4.69) is 24.1 Å². The number of anilines is 2. The summed E-state index contributed by atoms with van der Waals surface area (Å²) in [4.78, 5) is 42.3. The molecule has 6 heteroatoms. The molecular weight excluding hydrogens is 402 g/mol. The highest BCUT2D eigenvalue weighted by Crippen LogP contribution is 2.34. The maximum atomic E-state index is 13.2. The summed E-state index contributed by atoms with van der Waals surface area (Å²) in [7, 11) is 0. The van der Waals surface area contributed by atoms with Crippen LogP contribution in [0.15, 0.2) is 48.5 Å². The van der Waals surface area contributed by atoms with Crippen LogP contribution in [0.25, 0.3) is 0 Å². The number of nitrogens with one attached hydrogen (secondary N) is 1. The molecule has 168 valence electrons. The molecule has 1 saturated carbocycles. The Morgan fingerprint density at radius 1 is 0.938 bits per heavy atom. The summed E-state index contributed by atoms with van der Waals surface area (Å²) >= 11 is 0. The fraction of sp³-hybridized carbons (Fsp3) is 0.423. The van der Waals surface area contributed by atoms with Crippen LogP contribution in [-0.4, -0.2) is 42.3 Å². The van der Waals surface area contributed by atoms with Crippen molar-refractivity contribution in [1.29, 1.82) is 0 Å². The van der Waals surface area contributed by atoms with Crippen molar-refractivity contribution in [3.8, 4) is 0 Å². The monoisotopic (exact) mass is 433 g/mol. The highest BCUT2D eigenvalue weighted by Gasteiger charge is 2.40. The second kappa shape index (κ2) is 9.55. The van der Waals surface area contributed by atoms with Crippen molar-refractivity contribution in [3.63, 3.8) is 0 Å². The molecule has 1 fully saturated rings. The second-order valence-corrected chi connectivity index (χ2v) is 8.63. The Kier molecular flexibility index (Phi) is 6.58. The maximum Gasteiger partial charge on any atom is 0.261 e.